The van der Waals surface area contributed by atoms with Crippen LogP contribution >= 0.6 is 15.9 Å². The first-order valence-corrected chi connectivity index (χ1v) is 10.1. The van der Waals surface area contributed by atoms with Crippen LogP contribution in [0, 0.1) is 0 Å². The van der Waals surface area contributed by atoms with Gasteiger partial charge in [-0.25, -0.2) is 4.79 Å². The number of nitrogens with one attached hydrogen (secondary N) is 1. The Morgan fingerprint density at radius 2 is 2.29 bits per heavy atom. The third kappa shape index (κ3) is 4.48. The summed E-state index contributed by atoms with van der Waals surface area (Å²) in [6, 6.07) is 5.57. The fourth-order valence-electron chi connectivity index (χ4n) is 3.47. The van der Waals surface area contributed by atoms with Crippen molar-refractivity contribution in [3.63, 3.8) is 0 Å². The third-order valence-corrected chi connectivity index (χ3v) is 5.33. The molecule has 0 unspecified atom stereocenters. The molecule has 0 aliphatic carbocycles. The van der Waals surface area contributed by atoms with Crippen molar-refractivity contribution in [2.24, 2.45) is 12.8 Å². The molecule has 3 N–H and O–H groups in total. The molecular weight excluding hydrogens is 426 g/mol. The lowest BCUT2D eigenvalue weighted by Gasteiger charge is -2.24. The quantitative estimate of drug-likeness (QED) is 0.674. The number of urea groups is 1. The van der Waals surface area contributed by atoms with E-state index in [9.17, 15) is 4.79 Å². The maximum absolute atomic E-state index is 12.8. The molecule has 3 rings (SSSR count). The molecule has 1 aliphatic heterocycles. The van der Waals surface area contributed by atoms with Crippen LogP contribution in [0.1, 0.15) is 12.8 Å². The first-order valence-electron chi connectivity index (χ1n) is 9.26. The van der Waals surface area contributed by atoms with Gasteiger partial charge in [-0.15, -0.1) is 0 Å². The van der Waals surface area contributed by atoms with E-state index < -0.39 is 0 Å². The van der Waals surface area contributed by atoms with E-state index in [1.165, 1.54) is 0 Å². The lowest BCUT2D eigenvalue weighted by atomic mass is 10.1. The Morgan fingerprint density at radius 1 is 1.46 bits per heavy atom. The van der Waals surface area contributed by atoms with Crippen molar-refractivity contribution in [1.82, 2.24) is 14.7 Å². The van der Waals surface area contributed by atoms with E-state index in [1.54, 1.807) is 18.0 Å². The molecular formula is C19H26BrN5O3. The molecule has 9 heteroatoms. The summed E-state index contributed by atoms with van der Waals surface area (Å²) in [6.07, 6.45) is 3.67. The second-order valence-corrected chi connectivity index (χ2v) is 7.54. The van der Waals surface area contributed by atoms with E-state index in [1.807, 2.05) is 30.1 Å². The largest absolute Gasteiger partial charge is 0.492 e. The van der Waals surface area contributed by atoms with Crippen molar-refractivity contribution in [1.29, 1.82) is 0 Å². The highest BCUT2D eigenvalue weighted by Gasteiger charge is 2.28. The van der Waals surface area contributed by atoms with Gasteiger partial charge in [-0.05, 0) is 47.0 Å². The van der Waals surface area contributed by atoms with Crippen LogP contribution in [0.25, 0.3) is 11.3 Å². The van der Waals surface area contributed by atoms with E-state index in [2.05, 4.69) is 26.3 Å². The number of halogens is 1. The zero-order valence-electron chi connectivity index (χ0n) is 16.2. The number of aryl methyl sites for hydroxylation is 1. The maximum atomic E-state index is 12.8. The van der Waals surface area contributed by atoms with Gasteiger partial charge in [0.1, 0.15) is 12.4 Å². The normalized spacial score (nSPS) is 16.4. The molecule has 1 aliphatic rings. The van der Waals surface area contributed by atoms with Crippen LogP contribution < -0.4 is 15.8 Å². The van der Waals surface area contributed by atoms with Crippen LogP contribution in [0.4, 0.5) is 10.5 Å². The number of hydrogen-bond donors (Lipinski definition) is 2. The number of rotatable bonds is 7. The molecule has 2 aromatic rings. The van der Waals surface area contributed by atoms with Crippen LogP contribution in [0.15, 0.2) is 28.9 Å². The average Bonchev–Trinajstić information content (AvgIpc) is 3.27. The van der Waals surface area contributed by atoms with Gasteiger partial charge in [0, 0.05) is 38.5 Å². The number of anilines is 1. The topological polar surface area (TPSA) is 94.6 Å². The first-order chi connectivity index (χ1) is 13.5. The number of benzene rings is 1. The number of nitrogens with two attached hydrogens (primary N) is 1. The van der Waals surface area contributed by atoms with Crippen molar-refractivity contribution in [2.45, 2.75) is 18.9 Å². The molecule has 1 aromatic carbocycles. The minimum Gasteiger partial charge on any atom is -0.492 e. The van der Waals surface area contributed by atoms with Gasteiger partial charge in [0.05, 0.1) is 29.0 Å². The minimum absolute atomic E-state index is 0.114. The van der Waals surface area contributed by atoms with Crippen molar-refractivity contribution in [3.05, 3.63) is 28.9 Å². The predicted octanol–water partition coefficient (Wildman–Crippen LogP) is 2.83. The summed E-state index contributed by atoms with van der Waals surface area (Å²) < 4.78 is 13.6. The monoisotopic (exact) mass is 451 g/mol. The van der Waals surface area contributed by atoms with E-state index in [0.717, 1.165) is 35.1 Å². The van der Waals surface area contributed by atoms with Crippen molar-refractivity contribution in [3.8, 4) is 17.0 Å². The summed E-state index contributed by atoms with van der Waals surface area (Å²) in [5.41, 5.74) is 7.96. The predicted molar refractivity (Wildman–Crippen MR) is 112 cm³/mol. The number of hydrogen-bond acceptors (Lipinski definition) is 5. The van der Waals surface area contributed by atoms with Gasteiger partial charge in [-0.2, -0.15) is 5.10 Å². The number of nitrogens with zero attached hydrogens (tertiary/aromatic N) is 3. The number of ether oxygens (including phenoxy) is 2. The van der Waals surface area contributed by atoms with Crippen LogP contribution in [-0.4, -0.2) is 60.2 Å². The van der Waals surface area contributed by atoms with E-state index in [4.69, 9.17) is 15.2 Å². The molecule has 2 amide bonds. The maximum Gasteiger partial charge on any atom is 0.322 e. The van der Waals surface area contributed by atoms with Crippen LogP contribution in [0.5, 0.6) is 5.75 Å². The summed E-state index contributed by atoms with van der Waals surface area (Å²) in [5, 5.41) is 7.28. The Labute approximate surface area is 173 Å². The Bertz CT molecular complexity index is 806. The molecule has 1 saturated heterocycles. The first kappa shape index (κ1) is 20.6. The lowest BCUT2D eigenvalue weighted by molar-refractivity contribution is 0.128. The van der Waals surface area contributed by atoms with Gasteiger partial charge in [0.15, 0.2) is 0 Å². The van der Waals surface area contributed by atoms with Crippen LogP contribution in [0.2, 0.25) is 0 Å². The summed E-state index contributed by atoms with van der Waals surface area (Å²) in [5.74, 6) is 0.686. The van der Waals surface area contributed by atoms with E-state index in [-0.39, 0.29) is 12.1 Å². The third-order valence-electron chi connectivity index (χ3n) is 4.75. The summed E-state index contributed by atoms with van der Waals surface area (Å²) >= 11 is 3.54. The number of carbonyl (C=O) groups is 1. The highest BCUT2D eigenvalue weighted by molar-refractivity contribution is 9.10. The minimum atomic E-state index is -0.120. The molecule has 1 atom stereocenters. The van der Waals surface area contributed by atoms with Gasteiger partial charge >= 0.3 is 6.03 Å². The van der Waals surface area contributed by atoms with Gasteiger partial charge < -0.3 is 25.4 Å². The summed E-state index contributed by atoms with van der Waals surface area (Å²) in [6.45, 7) is 2.10. The standard InChI is InChI=1S/C19H26BrN5O3/c1-24-18(16(20)11-22-24)15-10-13(5-6-17(15)28-9-7-21)23-19(26)25-8-3-4-14(25)12-27-2/h5-6,10-11,14H,3-4,7-9,12,21H2,1-2H3,(H,23,26)/t14-/m0/s1. The van der Waals surface area contributed by atoms with Crippen molar-refractivity contribution in [2.75, 3.05) is 38.7 Å². The molecule has 8 nitrogen and oxygen atoms in total. The molecule has 0 bridgehead atoms. The number of likely N-dealkylation sites (tertiary alicyclic amines) is 1. The van der Waals surface area contributed by atoms with Crippen LogP contribution in [0.3, 0.4) is 0 Å². The van der Waals surface area contributed by atoms with Crippen LogP contribution in [-0.2, 0) is 11.8 Å². The number of amides is 2. The van der Waals surface area contributed by atoms with Gasteiger partial charge in [-0.3, -0.25) is 4.68 Å². The molecule has 1 aromatic heterocycles. The van der Waals surface area contributed by atoms with E-state index >= 15 is 0 Å². The highest BCUT2D eigenvalue weighted by atomic mass is 79.9. The van der Waals surface area contributed by atoms with Gasteiger partial charge in [0.2, 0.25) is 0 Å². The van der Waals surface area contributed by atoms with Gasteiger partial charge in [0.25, 0.3) is 0 Å². The molecule has 152 valence electrons. The SMILES string of the molecule is COC[C@@H]1CCCN1C(=O)Nc1ccc(OCCN)c(-c2c(Br)cnn2C)c1. The Hall–Kier alpha value is -2.10. The van der Waals surface area contributed by atoms with E-state index in [0.29, 0.717) is 31.2 Å². The number of methoxy groups -OCH3 is 1. The van der Waals surface area contributed by atoms with Crippen molar-refractivity contribution < 1.29 is 14.3 Å². The molecule has 0 spiro atoms. The van der Waals surface area contributed by atoms with Gasteiger partial charge in [-0.1, -0.05) is 0 Å². The smallest absolute Gasteiger partial charge is 0.322 e. The number of aromatic nitrogens is 2. The summed E-state index contributed by atoms with van der Waals surface area (Å²) in [7, 11) is 3.52. The Kier molecular flexibility index (Phi) is 6.93. The molecule has 28 heavy (non-hydrogen) atoms. The summed E-state index contributed by atoms with van der Waals surface area (Å²) in [4.78, 5) is 14.6. The molecule has 0 radical (unpaired) electrons. The lowest BCUT2D eigenvalue weighted by Crippen LogP contribution is -2.40. The second-order valence-electron chi connectivity index (χ2n) is 6.69. The molecule has 2 heterocycles. The molecule has 0 saturated carbocycles. The number of carbonyl (C=O) groups excluding carboxylic acids is 1. The Balaban J connectivity index is 1.86. The molecule has 1 fully saturated rings. The second kappa shape index (κ2) is 9.40. The zero-order valence-corrected chi connectivity index (χ0v) is 17.7. The zero-order chi connectivity index (χ0) is 20.1. The fourth-order valence-corrected chi connectivity index (χ4v) is 4.03. The fraction of sp³-hybridized carbons (Fsp3) is 0.474. The van der Waals surface area contributed by atoms with Crippen molar-refractivity contribution >= 4 is 27.6 Å². The average molecular weight is 452 g/mol. The Morgan fingerprint density at radius 3 is 2.96 bits per heavy atom. The highest BCUT2D eigenvalue weighted by Crippen LogP contribution is 2.36.